The number of urea groups is 1. The minimum atomic E-state index is -0.833. The van der Waals surface area contributed by atoms with Gasteiger partial charge in [0.2, 0.25) is 0 Å². The lowest BCUT2D eigenvalue weighted by Crippen LogP contribution is -2.18. The number of benzene rings is 1. The molecule has 0 spiro atoms. The maximum Gasteiger partial charge on any atom is 0.309 e. The van der Waals surface area contributed by atoms with Gasteiger partial charge in [-0.25, -0.2) is 4.79 Å². The van der Waals surface area contributed by atoms with Gasteiger partial charge >= 0.3 is 6.03 Å². The summed E-state index contributed by atoms with van der Waals surface area (Å²) in [5, 5.41) is 9.45. The van der Waals surface area contributed by atoms with Gasteiger partial charge in [0.05, 0.1) is 0 Å². The third-order valence-electron chi connectivity index (χ3n) is 1.71. The van der Waals surface area contributed by atoms with Crippen molar-refractivity contribution in [1.82, 2.24) is 0 Å². The molecule has 0 bridgehead atoms. The lowest BCUT2D eigenvalue weighted by molar-refractivity contribution is -0.0979. The molecule has 0 aromatic heterocycles. The van der Waals surface area contributed by atoms with E-state index in [9.17, 15) is 5.11 Å². The maximum absolute atomic E-state index is 9.45. The van der Waals surface area contributed by atoms with Gasteiger partial charge < -0.3 is 21.4 Å². The summed E-state index contributed by atoms with van der Waals surface area (Å²) >= 11 is 0. The quantitative estimate of drug-likeness (QED) is 0.640. The van der Waals surface area contributed by atoms with Gasteiger partial charge in [-0.3, -0.25) is 0 Å². The molecule has 0 fully saturated rings. The van der Waals surface area contributed by atoms with Crippen molar-refractivity contribution in [3.63, 3.8) is 0 Å². The smallest absolute Gasteiger partial charge is 0.309 e. The molecule has 0 aliphatic heterocycles. The molecule has 1 aromatic carbocycles. The van der Waals surface area contributed by atoms with Crippen LogP contribution in [-0.2, 0) is 10.2 Å². The molecule has 1 aromatic rings. The number of hydrogen-bond donors (Lipinski definition) is 3. The van der Waals surface area contributed by atoms with E-state index in [1.807, 2.05) is 25.0 Å². The Morgan fingerprint density at radius 3 is 1.76 bits per heavy atom. The zero-order valence-corrected chi connectivity index (χ0v) is 10.4. The second kappa shape index (κ2) is 8.15. The Labute approximate surface area is 101 Å². The van der Waals surface area contributed by atoms with E-state index >= 15 is 0 Å². The first-order valence-corrected chi connectivity index (χ1v) is 4.87. The summed E-state index contributed by atoms with van der Waals surface area (Å²) in [6, 6.07) is 6.63. The maximum atomic E-state index is 9.45. The number of aromatic hydroxyl groups is 1. The summed E-state index contributed by atoms with van der Waals surface area (Å²) in [7, 11) is 0. The topological polar surface area (TPSA) is 106 Å². The van der Waals surface area contributed by atoms with Gasteiger partial charge in [-0.1, -0.05) is 39.0 Å². The van der Waals surface area contributed by atoms with Crippen LogP contribution in [0, 0.1) is 0 Å². The van der Waals surface area contributed by atoms with Gasteiger partial charge in [0.15, 0.2) is 0 Å². The second-order valence-electron chi connectivity index (χ2n) is 4.17. The first-order valence-electron chi connectivity index (χ1n) is 4.87. The number of para-hydroxylation sites is 1. The average molecular weight is 240 g/mol. The molecule has 0 aliphatic carbocycles. The minimum Gasteiger partial charge on any atom is -0.508 e. The minimum absolute atomic E-state index is 0.0331. The van der Waals surface area contributed by atoms with Crippen molar-refractivity contribution in [3.05, 3.63) is 29.8 Å². The number of hydrogen-bond acceptors (Lipinski definition) is 3. The molecule has 5 N–H and O–H groups in total. The monoisotopic (exact) mass is 240 g/mol. The van der Waals surface area contributed by atoms with Crippen LogP contribution < -0.4 is 11.5 Å². The molecule has 0 radical (unpaired) electrons. The van der Waals surface area contributed by atoms with Crippen LogP contribution in [0.1, 0.15) is 26.3 Å². The van der Waals surface area contributed by atoms with Crippen LogP contribution in [0.25, 0.3) is 0 Å². The standard InChI is InChI=1S/C10H14O.CH4N2O.CH2O/c1-10(2,3)8-6-4-5-7-9(8)11;2-1(3)4;1-2/h4-7,11H,1-3H3;(H4,2,3,4);1H2. The fourth-order valence-electron chi connectivity index (χ4n) is 1.11. The van der Waals surface area contributed by atoms with Gasteiger partial charge in [0, 0.05) is 0 Å². The van der Waals surface area contributed by atoms with E-state index in [4.69, 9.17) is 9.59 Å². The van der Waals surface area contributed by atoms with Crippen molar-refractivity contribution >= 4 is 12.8 Å². The summed E-state index contributed by atoms with van der Waals surface area (Å²) in [6.45, 7) is 8.26. The highest BCUT2D eigenvalue weighted by atomic mass is 16.3. The Morgan fingerprint density at radius 2 is 1.53 bits per heavy atom. The first-order chi connectivity index (χ1) is 7.75. The molecule has 96 valence electrons. The Hall–Kier alpha value is -2.04. The van der Waals surface area contributed by atoms with Crippen LogP contribution in [0.4, 0.5) is 4.79 Å². The molecule has 0 atom stereocenters. The van der Waals surface area contributed by atoms with Gasteiger partial charge in [-0.05, 0) is 17.0 Å². The zero-order valence-electron chi connectivity index (χ0n) is 10.4. The van der Waals surface area contributed by atoms with Crippen molar-refractivity contribution in [1.29, 1.82) is 0 Å². The average Bonchev–Trinajstić information content (AvgIpc) is 2.19. The predicted molar refractivity (Wildman–Crippen MR) is 67.7 cm³/mol. The Bertz CT molecular complexity index is 342. The van der Waals surface area contributed by atoms with Crippen molar-refractivity contribution in [2.24, 2.45) is 11.5 Å². The molecular weight excluding hydrogens is 220 g/mol. The molecule has 0 saturated carbocycles. The molecule has 5 nitrogen and oxygen atoms in total. The fourth-order valence-corrected chi connectivity index (χ4v) is 1.11. The van der Waals surface area contributed by atoms with Crippen molar-refractivity contribution in [3.8, 4) is 5.75 Å². The number of rotatable bonds is 0. The summed E-state index contributed by atoms with van der Waals surface area (Å²) in [5.41, 5.74) is 9.53. The van der Waals surface area contributed by atoms with Crippen LogP contribution in [0.3, 0.4) is 0 Å². The van der Waals surface area contributed by atoms with Gasteiger partial charge in [-0.15, -0.1) is 0 Å². The lowest BCUT2D eigenvalue weighted by Gasteiger charge is -2.19. The number of carbonyl (C=O) groups excluding carboxylic acids is 2. The van der Waals surface area contributed by atoms with Crippen LogP contribution in [0.5, 0.6) is 5.75 Å². The number of phenols is 1. The largest absolute Gasteiger partial charge is 0.508 e. The summed E-state index contributed by atoms with van der Waals surface area (Å²) in [5.74, 6) is 0.389. The summed E-state index contributed by atoms with van der Waals surface area (Å²) in [4.78, 5) is 17.0. The van der Waals surface area contributed by atoms with Crippen molar-refractivity contribution in [2.75, 3.05) is 0 Å². The van der Waals surface area contributed by atoms with Gasteiger partial charge in [-0.2, -0.15) is 0 Å². The van der Waals surface area contributed by atoms with Gasteiger partial charge in [0.1, 0.15) is 12.5 Å². The van der Waals surface area contributed by atoms with E-state index in [-0.39, 0.29) is 5.41 Å². The molecule has 2 amide bonds. The molecule has 0 heterocycles. The Kier molecular flexibility index (Phi) is 8.32. The third-order valence-corrected chi connectivity index (χ3v) is 1.71. The molecule has 0 unspecified atom stereocenters. The van der Waals surface area contributed by atoms with Crippen LogP contribution in [-0.4, -0.2) is 17.9 Å². The lowest BCUT2D eigenvalue weighted by atomic mass is 9.86. The fraction of sp³-hybridized carbons (Fsp3) is 0.333. The first kappa shape index (κ1) is 17.4. The second-order valence-corrected chi connectivity index (χ2v) is 4.17. The molecule has 5 heteroatoms. The number of primary amides is 2. The number of amides is 2. The third kappa shape index (κ3) is 8.92. The number of nitrogens with two attached hydrogens (primary N) is 2. The molecule has 17 heavy (non-hydrogen) atoms. The normalized spacial score (nSPS) is 9.12. The van der Waals surface area contributed by atoms with E-state index in [2.05, 4.69) is 32.2 Å². The highest BCUT2D eigenvalue weighted by Gasteiger charge is 2.16. The number of carbonyl (C=O) groups is 2. The van der Waals surface area contributed by atoms with E-state index in [0.717, 1.165) is 5.56 Å². The summed E-state index contributed by atoms with van der Waals surface area (Å²) in [6.07, 6.45) is 0. The highest BCUT2D eigenvalue weighted by molar-refractivity contribution is 5.69. The Balaban J connectivity index is 0. The van der Waals surface area contributed by atoms with Gasteiger partial charge in [0.25, 0.3) is 0 Å². The highest BCUT2D eigenvalue weighted by Crippen LogP contribution is 2.29. The van der Waals surface area contributed by atoms with E-state index in [1.165, 1.54) is 0 Å². The predicted octanol–water partition coefficient (Wildman–Crippen LogP) is 1.53. The molecule has 0 aliphatic rings. The van der Waals surface area contributed by atoms with Crippen LogP contribution in [0.15, 0.2) is 24.3 Å². The zero-order chi connectivity index (χ0) is 14.1. The van der Waals surface area contributed by atoms with Crippen molar-refractivity contribution < 1.29 is 14.7 Å². The van der Waals surface area contributed by atoms with Crippen LogP contribution in [0.2, 0.25) is 0 Å². The van der Waals surface area contributed by atoms with E-state index < -0.39 is 6.03 Å². The van der Waals surface area contributed by atoms with Crippen LogP contribution >= 0.6 is 0 Å². The SMILES string of the molecule is C=O.CC(C)(C)c1ccccc1O.NC(N)=O. The van der Waals surface area contributed by atoms with Crippen molar-refractivity contribution in [2.45, 2.75) is 26.2 Å². The molecule has 0 saturated heterocycles. The summed E-state index contributed by atoms with van der Waals surface area (Å²) < 4.78 is 0. The van der Waals surface area contributed by atoms with E-state index in [1.54, 1.807) is 6.07 Å². The Morgan fingerprint density at radius 1 is 1.18 bits per heavy atom. The molecular formula is C12H20N2O3. The number of phenolic OH excluding ortho intramolecular Hbond substituents is 1. The molecule has 1 rings (SSSR count). The van der Waals surface area contributed by atoms with E-state index in [0.29, 0.717) is 5.75 Å².